The van der Waals surface area contributed by atoms with Crippen molar-refractivity contribution in [1.29, 1.82) is 0 Å². The molecule has 1 fully saturated rings. The van der Waals surface area contributed by atoms with E-state index in [4.69, 9.17) is 4.74 Å². The zero-order valence-electron chi connectivity index (χ0n) is 13.2. The van der Waals surface area contributed by atoms with Crippen LogP contribution in [0.2, 0.25) is 0 Å². The summed E-state index contributed by atoms with van der Waals surface area (Å²) in [7, 11) is 0.676. The number of amides is 1. The fourth-order valence-corrected chi connectivity index (χ4v) is 3.91. The summed E-state index contributed by atoms with van der Waals surface area (Å²) in [6.07, 6.45) is 5.46. The van der Waals surface area contributed by atoms with E-state index in [1.54, 1.807) is 7.11 Å². The number of hydrogen-bond donors (Lipinski definition) is 1. The molecule has 1 aliphatic rings. The Balaban J connectivity index is 1.84. The number of methoxy groups -OCH3 is 1. The lowest BCUT2D eigenvalue weighted by molar-refractivity contribution is -0.117. The molecule has 0 unspecified atom stereocenters. The number of nitrogens with one attached hydrogen (secondary N) is 1. The molecule has 0 radical (unpaired) electrons. The van der Waals surface area contributed by atoms with Crippen LogP contribution >= 0.6 is 0 Å². The summed E-state index contributed by atoms with van der Waals surface area (Å²) in [5.41, 5.74) is 1.78. The summed E-state index contributed by atoms with van der Waals surface area (Å²) in [4.78, 5) is 12.1. The average Bonchev–Trinajstić information content (AvgIpc) is 2.98. The molecule has 4 nitrogen and oxygen atoms in total. The second-order valence-corrected chi connectivity index (χ2v) is 7.46. The van der Waals surface area contributed by atoms with Gasteiger partial charge in [-0.1, -0.05) is 25.0 Å². The molecular formula is C17H25NO3S. The van der Waals surface area contributed by atoms with Gasteiger partial charge in [0.05, 0.1) is 6.61 Å². The lowest BCUT2D eigenvalue weighted by Crippen LogP contribution is -2.15. The van der Waals surface area contributed by atoms with Crippen LogP contribution in [0, 0.1) is 5.92 Å². The standard InChI is InChI=1S/C17H25NO3S/c1-21-9-10-22(20)13-15-7-4-8-16(11-15)18-17(19)12-14-5-2-3-6-14/h4,7-8,11,14H,2-3,5-6,9-10,12-13H2,1H3,(H,18,19)/t22-/m0/s1. The third-order valence-corrected chi connectivity index (χ3v) is 5.28. The highest BCUT2D eigenvalue weighted by molar-refractivity contribution is 7.84. The van der Waals surface area contributed by atoms with E-state index in [0.717, 1.165) is 11.3 Å². The van der Waals surface area contributed by atoms with E-state index in [9.17, 15) is 9.00 Å². The first-order chi connectivity index (χ1) is 10.7. The van der Waals surface area contributed by atoms with E-state index >= 15 is 0 Å². The molecular weight excluding hydrogens is 298 g/mol. The average molecular weight is 323 g/mol. The van der Waals surface area contributed by atoms with Crippen LogP contribution in [0.25, 0.3) is 0 Å². The van der Waals surface area contributed by atoms with Gasteiger partial charge in [0.2, 0.25) is 5.91 Å². The number of hydrogen-bond acceptors (Lipinski definition) is 3. The number of carbonyl (C=O) groups is 1. The Morgan fingerprint density at radius 2 is 2.14 bits per heavy atom. The van der Waals surface area contributed by atoms with Gasteiger partial charge < -0.3 is 10.1 Å². The van der Waals surface area contributed by atoms with Gasteiger partial charge in [0.15, 0.2) is 0 Å². The zero-order valence-corrected chi connectivity index (χ0v) is 14.0. The van der Waals surface area contributed by atoms with Gasteiger partial charge in [0, 0.05) is 41.5 Å². The maximum absolute atomic E-state index is 12.1. The zero-order chi connectivity index (χ0) is 15.8. The predicted octanol–water partition coefficient (Wildman–Crippen LogP) is 3.10. The quantitative estimate of drug-likeness (QED) is 0.800. The Morgan fingerprint density at radius 3 is 2.86 bits per heavy atom. The minimum atomic E-state index is -0.933. The molecule has 0 spiro atoms. The number of ether oxygens (including phenoxy) is 1. The van der Waals surface area contributed by atoms with Gasteiger partial charge in [-0.15, -0.1) is 0 Å². The largest absolute Gasteiger partial charge is 0.384 e. The van der Waals surface area contributed by atoms with Gasteiger partial charge in [0.1, 0.15) is 0 Å². The molecule has 22 heavy (non-hydrogen) atoms. The first-order valence-corrected chi connectivity index (χ1v) is 9.39. The lowest BCUT2D eigenvalue weighted by Gasteiger charge is -2.10. The highest BCUT2D eigenvalue weighted by Crippen LogP contribution is 2.27. The monoisotopic (exact) mass is 323 g/mol. The van der Waals surface area contributed by atoms with Gasteiger partial charge in [-0.25, -0.2) is 0 Å². The molecule has 1 aromatic carbocycles. The van der Waals surface area contributed by atoms with Crippen molar-refractivity contribution in [2.24, 2.45) is 5.92 Å². The minimum Gasteiger partial charge on any atom is -0.384 e. The van der Waals surface area contributed by atoms with Gasteiger partial charge in [0.25, 0.3) is 0 Å². The molecule has 0 heterocycles. The molecule has 1 aliphatic carbocycles. The summed E-state index contributed by atoms with van der Waals surface area (Å²) in [6.45, 7) is 0.504. The normalized spacial score (nSPS) is 16.6. The molecule has 1 amide bonds. The smallest absolute Gasteiger partial charge is 0.224 e. The molecule has 1 N–H and O–H groups in total. The second-order valence-electron chi connectivity index (χ2n) is 5.88. The minimum absolute atomic E-state index is 0.0876. The maximum atomic E-state index is 12.1. The molecule has 0 saturated heterocycles. The van der Waals surface area contributed by atoms with Crippen molar-refractivity contribution in [3.05, 3.63) is 29.8 Å². The van der Waals surface area contributed by atoms with Crippen molar-refractivity contribution in [3.8, 4) is 0 Å². The van der Waals surface area contributed by atoms with Crippen molar-refractivity contribution in [1.82, 2.24) is 0 Å². The number of rotatable bonds is 8. The van der Waals surface area contributed by atoms with Gasteiger partial charge >= 0.3 is 0 Å². The van der Waals surface area contributed by atoms with Crippen LogP contribution in [0.4, 0.5) is 5.69 Å². The van der Waals surface area contributed by atoms with Crippen molar-refractivity contribution < 1.29 is 13.7 Å². The van der Waals surface area contributed by atoms with Crippen LogP contribution in [0.1, 0.15) is 37.7 Å². The molecule has 1 aromatic rings. The molecule has 122 valence electrons. The molecule has 0 aliphatic heterocycles. The molecule has 0 aromatic heterocycles. The van der Waals surface area contributed by atoms with E-state index in [1.807, 2.05) is 24.3 Å². The Kier molecular flexibility index (Phi) is 7.06. The topological polar surface area (TPSA) is 55.4 Å². The SMILES string of the molecule is COCC[S@](=O)Cc1cccc(NC(=O)CC2CCCC2)c1. The highest BCUT2D eigenvalue weighted by atomic mass is 32.2. The van der Waals surface area contributed by atoms with E-state index in [2.05, 4.69) is 5.32 Å². The van der Waals surface area contributed by atoms with Crippen LogP contribution in [0.15, 0.2) is 24.3 Å². The molecule has 5 heteroatoms. The van der Waals surface area contributed by atoms with Gasteiger partial charge in [-0.3, -0.25) is 9.00 Å². The molecule has 2 rings (SSSR count). The van der Waals surface area contributed by atoms with E-state index in [1.165, 1.54) is 25.7 Å². The Morgan fingerprint density at radius 1 is 1.36 bits per heavy atom. The van der Waals surface area contributed by atoms with Crippen molar-refractivity contribution >= 4 is 22.4 Å². The summed E-state index contributed by atoms with van der Waals surface area (Å²) in [6, 6.07) is 7.64. The number of benzene rings is 1. The first kappa shape index (κ1) is 17.2. The fraction of sp³-hybridized carbons (Fsp3) is 0.588. The highest BCUT2D eigenvalue weighted by Gasteiger charge is 2.18. The predicted molar refractivity (Wildman–Crippen MR) is 90.2 cm³/mol. The van der Waals surface area contributed by atoms with E-state index in [0.29, 0.717) is 30.5 Å². The van der Waals surface area contributed by atoms with Gasteiger partial charge in [-0.2, -0.15) is 0 Å². The second kappa shape index (κ2) is 9.06. The summed E-state index contributed by atoms with van der Waals surface area (Å²) in [5.74, 6) is 1.67. The maximum Gasteiger partial charge on any atom is 0.224 e. The van der Waals surface area contributed by atoms with Crippen molar-refractivity contribution in [2.45, 2.75) is 37.9 Å². The van der Waals surface area contributed by atoms with Crippen LogP contribution in [0.5, 0.6) is 0 Å². The van der Waals surface area contributed by atoms with Gasteiger partial charge in [-0.05, 0) is 36.5 Å². The fourth-order valence-electron chi connectivity index (χ4n) is 2.86. The summed E-state index contributed by atoms with van der Waals surface area (Å²) < 4.78 is 16.8. The van der Waals surface area contributed by atoms with Crippen LogP contribution in [-0.4, -0.2) is 29.6 Å². The van der Waals surface area contributed by atoms with Crippen LogP contribution < -0.4 is 5.32 Å². The van der Waals surface area contributed by atoms with E-state index in [-0.39, 0.29) is 5.91 Å². The summed E-state index contributed by atoms with van der Waals surface area (Å²) in [5, 5.41) is 2.96. The lowest BCUT2D eigenvalue weighted by atomic mass is 10.0. The Hall–Kier alpha value is -1.20. The third kappa shape index (κ3) is 5.89. The molecule has 0 bridgehead atoms. The van der Waals surface area contributed by atoms with E-state index < -0.39 is 10.8 Å². The van der Waals surface area contributed by atoms with Crippen LogP contribution in [0.3, 0.4) is 0 Å². The van der Waals surface area contributed by atoms with Crippen molar-refractivity contribution in [3.63, 3.8) is 0 Å². The molecule has 1 saturated carbocycles. The number of carbonyl (C=O) groups excluding carboxylic acids is 1. The Bertz CT molecular complexity index is 512. The summed E-state index contributed by atoms with van der Waals surface area (Å²) >= 11 is 0. The van der Waals surface area contributed by atoms with Crippen LogP contribution in [-0.2, 0) is 26.1 Å². The van der Waals surface area contributed by atoms with Crippen molar-refractivity contribution in [2.75, 3.05) is 24.8 Å². The Labute approximate surface area is 135 Å². The number of anilines is 1. The molecule has 1 atom stereocenters. The third-order valence-electron chi connectivity index (χ3n) is 4.00. The first-order valence-electron chi connectivity index (χ1n) is 7.90.